The van der Waals surface area contributed by atoms with Crippen molar-refractivity contribution in [3.63, 3.8) is 0 Å². The molecule has 36 heavy (non-hydrogen) atoms. The van der Waals surface area contributed by atoms with Gasteiger partial charge in [-0.1, -0.05) is 36.4 Å². The first-order valence-electron chi connectivity index (χ1n) is 11.6. The lowest BCUT2D eigenvalue weighted by atomic mass is 10.0. The Morgan fingerprint density at radius 1 is 0.528 bits per heavy atom. The molecule has 0 atom stereocenters. The molecule has 0 saturated carbocycles. The van der Waals surface area contributed by atoms with Gasteiger partial charge in [-0.3, -0.25) is 19.1 Å². The van der Waals surface area contributed by atoms with Gasteiger partial charge in [-0.2, -0.15) is 0 Å². The topological polar surface area (TPSA) is 69.8 Å². The first kappa shape index (κ1) is 20.3. The van der Waals surface area contributed by atoms with Crippen LogP contribution in [0.2, 0.25) is 0 Å². The Morgan fingerprint density at radius 2 is 1.17 bits per heavy atom. The third kappa shape index (κ3) is 2.85. The van der Waals surface area contributed by atoms with Gasteiger partial charge < -0.3 is 4.57 Å². The quantitative estimate of drug-likeness (QED) is 0.320. The van der Waals surface area contributed by atoms with Crippen LogP contribution >= 0.6 is 0 Å². The first-order valence-corrected chi connectivity index (χ1v) is 11.6. The summed E-state index contributed by atoms with van der Waals surface area (Å²) in [5.41, 5.74) is 4.19. The lowest BCUT2D eigenvalue weighted by Crippen LogP contribution is -2.15. The highest BCUT2D eigenvalue weighted by molar-refractivity contribution is 6.04. The van der Waals surface area contributed by atoms with Crippen LogP contribution in [-0.4, -0.2) is 19.1 Å². The van der Waals surface area contributed by atoms with E-state index in [2.05, 4.69) is 14.5 Å². The third-order valence-electron chi connectivity index (χ3n) is 6.64. The van der Waals surface area contributed by atoms with E-state index in [4.69, 9.17) is 0 Å². The summed E-state index contributed by atoms with van der Waals surface area (Å²) in [6.07, 6.45) is 4.97. The van der Waals surface area contributed by atoms with Crippen LogP contribution in [0.4, 0.5) is 0 Å². The number of pyridine rings is 4. The van der Waals surface area contributed by atoms with Gasteiger partial charge >= 0.3 is 0 Å². The first-order chi connectivity index (χ1) is 17.7. The van der Waals surface area contributed by atoms with Crippen molar-refractivity contribution in [2.75, 3.05) is 0 Å². The third-order valence-corrected chi connectivity index (χ3v) is 6.64. The van der Waals surface area contributed by atoms with Crippen LogP contribution in [0.3, 0.4) is 0 Å². The Bertz CT molecular complexity index is 1930. The predicted octanol–water partition coefficient (Wildman–Crippen LogP) is 5.39. The van der Waals surface area contributed by atoms with Crippen molar-refractivity contribution in [3.8, 4) is 11.4 Å². The van der Waals surface area contributed by atoms with Gasteiger partial charge in [-0.15, -0.1) is 0 Å². The van der Waals surface area contributed by atoms with E-state index in [1.54, 1.807) is 36.8 Å². The van der Waals surface area contributed by atoms with Crippen molar-refractivity contribution in [3.05, 3.63) is 130 Å². The van der Waals surface area contributed by atoms with Gasteiger partial charge in [0.25, 0.3) is 0 Å². The zero-order chi connectivity index (χ0) is 24.2. The lowest BCUT2D eigenvalue weighted by Gasteiger charge is -2.18. The van der Waals surface area contributed by atoms with E-state index >= 15 is 0 Å². The molecule has 0 N–H and O–H groups in total. The van der Waals surface area contributed by atoms with Crippen molar-refractivity contribution in [2.45, 2.75) is 0 Å². The smallest absolute Gasteiger partial charge is 0.198 e. The summed E-state index contributed by atoms with van der Waals surface area (Å²) in [7, 11) is 0. The highest BCUT2D eigenvalue weighted by atomic mass is 16.1. The van der Waals surface area contributed by atoms with Gasteiger partial charge in [-0.25, -0.2) is 4.98 Å². The maximum Gasteiger partial charge on any atom is 0.198 e. The normalized spacial score (nSPS) is 11.6. The van der Waals surface area contributed by atoms with E-state index in [0.717, 1.165) is 16.9 Å². The number of hydrogen-bond donors (Lipinski definition) is 0. The maximum atomic E-state index is 13.7. The van der Waals surface area contributed by atoms with Crippen LogP contribution < -0.4 is 10.9 Å². The Kier molecular flexibility index (Phi) is 4.35. The molecule has 0 saturated heterocycles. The van der Waals surface area contributed by atoms with Crippen molar-refractivity contribution < 1.29 is 0 Å². The van der Waals surface area contributed by atoms with E-state index in [1.165, 1.54) is 0 Å². The molecule has 0 radical (unpaired) electrons. The molecule has 0 fully saturated rings. The Balaban J connectivity index is 1.78. The molecule has 4 aromatic heterocycles. The van der Waals surface area contributed by atoms with Gasteiger partial charge in [-0.05, 0) is 54.6 Å². The highest BCUT2D eigenvalue weighted by Gasteiger charge is 2.18. The van der Waals surface area contributed by atoms with Crippen molar-refractivity contribution in [1.29, 1.82) is 0 Å². The van der Waals surface area contributed by atoms with E-state index in [-0.39, 0.29) is 10.9 Å². The number of hydrogen-bond acceptors (Lipinski definition) is 4. The fourth-order valence-electron chi connectivity index (χ4n) is 5.05. The van der Waals surface area contributed by atoms with Crippen molar-refractivity contribution in [1.82, 2.24) is 19.1 Å². The summed E-state index contributed by atoms with van der Waals surface area (Å²) in [6.45, 7) is 0. The number of aromatic nitrogens is 4. The minimum Gasteiger partial charge on any atom is -0.309 e. The SMILES string of the molecule is O=c1c2cnccc2n(-c2ccccc2)c2cc3c(cc12)c(=O)c1cccnc1n3-c1ccccc1. The number of para-hydroxylation sites is 2. The molecule has 0 aliphatic heterocycles. The highest BCUT2D eigenvalue weighted by Crippen LogP contribution is 2.29. The number of rotatable bonds is 2. The second kappa shape index (κ2) is 7.71. The van der Waals surface area contributed by atoms with Crippen molar-refractivity contribution in [2.24, 2.45) is 0 Å². The molecule has 3 aromatic carbocycles. The largest absolute Gasteiger partial charge is 0.309 e. The Hall–Kier alpha value is -5.10. The van der Waals surface area contributed by atoms with Crippen LogP contribution in [0.15, 0.2) is 119 Å². The summed E-state index contributed by atoms with van der Waals surface area (Å²) in [4.78, 5) is 36.1. The zero-order valence-corrected chi connectivity index (χ0v) is 19.0. The molecule has 6 nitrogen and oxygen atoms in total. The molecule has 4 heterocycles. The molecule has 7 aromatic rings. The predicted molar refractivity (Wildman–Crippen MR) is 143 cm³/mol. The van der Waals surface area contributed by atoms with Crippen molar-refractivity contribution >= 4 is 43.7 Å². The lowest BCUT2D eigenvalue weighted by molar-refractivity contribution is 1.11. The van der Waals surface area contributed by atoms with Crippen LogP contribution in [0.5, 0.6) is 0 Å². The van der Waals surface area contributed by atoms with E-state index in [9.17, 15) is 9.59 Å². The van der Waals surface area contributed by atoms with Crippen LogP contribution in [0.1, 0.15) is 0 Å². The molecule has 170 valence electrons. The van der Waals surface area contributed by atoms with E-state index in [0.29, 0.717) is 38.2 Å². The zero-order valence-electron chi connectivity index (χ0n) is 19.0. The second-order valence-corrected chi connectivity index (χ2v) is 8.65. The summed E-state index contributed by atoms with van der Waals surface area (Å²) < 4.78 is 4.04. The molecule has 0 aliphatic carbocycles. The number of fused-ring (bicyclic) bond motifs is 4. The van der Waals surface area contributed by atoms with Gasteiger partial charge in [0.1, 0.15) is 5.65 Å². The maximum absolute atomic E-state index is 13.7. The second-order valence-electron chi connectivity index (χ2n) is 8.65. The van der Waals surface area contributed by atoms with Gasteiger partial charge in [0.15, 0.2) is 10.9 Å². The number of benzene rings is 3. The molecule has 0 aliphatic rings. The fraction of sp³-hybridized carbons (Fsp3) is 0. The molecule has 0 amide bonds. The monoisotopic (exact) mass is 466 g/mol. The van der Waals surface area contributed by atoms with Crippen LogP contribution in [0.25, 0.3) is 55.1 Å². The summed E-state index contributed by atoms with van der Waals surface area (Å²) in [5, 5.41) is 1.93. The minimum atomic E-state index is -0.154. The molecule has 0 spiro atoms. The molecular formula is C30H18N4O2. The van der Waals surface area contributed by atoms with Crippen LogP contribution in [0, 0.1) is 0 Å². The van der Waals surface area contributed by atoms with Gasteiger partial charge in [0.05, 0.1) is 27.3 Å². The molecule has 0 bridgehead atoms. The standard InChI is InChI=1S/C30H18N4O2/c35-28-21-12-7-14-32-30(21)34(20-10-5-2-6-11-20)27-17-26-22(16-23(27)28)29(36)24-18-31-15-13-25(24)33(26)19-8-3-1-4-9-19/h1-18H. The average molecular weight is 467 g/mol. The van der Waals surface area contributed by atoms with Gasteiger partial charge in [0, 0.05) is 40.7 Å². The summed E-state index contributed by atoms with van der Waals surface area (Å²) in [6, 6.07) is 28.8. The molecule has 6 heteroatoms. The number of nitrogens with zero attached hydrogens (tertiary/aromatic N) is 4. The van der Waals surface area contributed by atoms with Crippen LogP contribution in [-0.2, 0) is 0 Å². The minimum absolute atomic E-state index is 0.154. The summed E-state index contributed by atoms with van der Waals surface area (Å²) in [5.74, 6) is 0. The van der Waals surface area contributed by atoms with Gasteiger partial charge in [0.2, 0.25) is 0 Å². The molecular weight excluding hydrogens is 448 g/mol. The molecule has 7 rings (SSSR count). The average Bonchev–Trinajstić information content (AvgIpc) is 2.94. The summed E-state index contributed by atoms with van der Waals surface area (Å²) >= 11 is 0. The Morgan fingerprint density at radius 3 is 1.89 bits per heavy atom. The fourth-order valence-corrected chi connectivity index (χ4v) is 5.05. The van der Waals surface area contributed by atoms with E-state index < -0.39 is 0 Å². The van der Waals surface area contributed by atoms with E-state index in [1.807, 2.05) is 77.4 Å². The Labute approximate surface area is 204 Å². The molecule has 0 unspecified atom stereocenters.